The number of rotatable bonds is 1. The molecule has 1 amide bonds. The lowest BCUT2D eigenvalue weighted by Crippen LogP contribution is -2.48. The van der Waals surface area contributed by atoms with Crippen LogP contribution in [0.25, 0.3) is 0 Å². The molecule has 2 rings (SSSR count). The van der Waals surface area contributed by atoms with E-state index in [9.17, 15) is 9.90 Å². The van der Waals surface area contributed by atoms with Gasteiger partial charge in [-0.3, -0.25) is 0 Å². The van der Waals surface area contributed by atoms with Gasteiger partial charge in [0, 0.05) is 12.0 Å². The van der Waals surface area contributed by atoms with Crippen LogP contribution in [0.3, 0.4) is 0 Å². The summed E-state index contributed by atoms with van der Waals surface area (Å²) in [7, 11) is 0. The smallest absolute Gasteiger partial charge is 0.407 e. The maximum absolute atomic E-state index is 10.9. The summed E-state index contributed by atoms with van der Waals surface area (Å²) in [5, 5.41) is 11.8. The lowest BCUT2D eigenvalue weighted by Gasteiger charge is -2.33. The molecule has 1 unspecified atom stereocenters. The SMILES string of the molecule is CC1(c2ccc(O)cc2)CNC(=O)OC1. The average molecular weight is 207 g/mol. The van der Waals surface area contributed by atoms with Crippen LogP contribution in [0.4, 0.5) is 4.79 Å². The highest BCUT2D eigenvalue weighted by atomic mass is 16.6. The van der Waals surface area contributed by atoms with E-state index in [1.807, 2.05) is 19.1 Å². The molecule has 1 aromatic carbocycles. The van der Waals surface area contributed by atoms with Gasteiger partial charge in [0.1, 0.15) is 12.4 Å². The van der Waals surface area contributed by atoms with Crippen LogP contribution < -0.4 is 5.32 Å². The Labute approximate surface area is 87.9 Å². The fourth-order valence-electron chi connectivity index (χ4n) is 1.64. The van der Waals surface area contributed by atoms with Gasteiger partial charge in [-0.15, -0.1) is 0 Å². The molecule has 2 N–H and O–H groups in total. The quantitative estimate of drug-likeness (QED) is 0.731. The molecule has 0 bridgehead atoms. The third-order valence-electron chi connectivity index (χ3n) is 2.71. The number of phenolic OH excluding ortho intramolecular Hbond substituents is 1. The van der Waals surface area contributed by atoms with Crippen molar-refractivity contribution in [3.63, 3.8) is 0 Å². The molecule has 0 radical (unpaired) electrons. The van der Waals surface area contributed by atoms with E-state index in [0.717, 1.165) is 5.56 Å². The first-order valence-electron chi connectivity index (χ1n) is 4.80. The van der Waals surface area contributed by atoms with Gasteiger partial charge in [0.2, 0.25) is 0 Å². The molecule has 0 aliphatic carbocycles. The summed E-state index contributed by atoms with van der Waals surface area (Å²) in [5.41, 5.74) is 0.821. The second kappa shape index (κ2) is 3.46. The molecular formula is C11H13NO3. The van der Waals surface area contributed by atoms with Crippen molar-refractivity contribution in [1.82, 2.24) is 5.32 Å². The second-order valence-electron chi connectivity index (χ2n) is 4.04. The molecule has 1 aliphatic rings. The first-order chi connectivity index (χ1) is 7.10. The molecule has 1 heterocycles. The molecule has 1 fully saturated rings. The van der Waals surface area contributed by atoms with Crippen molar-refractivity contribution in [3.8, 4) is 5.75 Å². The summed E-state index contributed by atoms with van der Waals surface area (Å²) in [6.45, 7) is 2.93. The van der Waals surface area contributed by atoms with Crippen molar-refractivity contribution >= 4 is 6.09 Å². The molecule has 4 nitrogen and oxygen atoms in total. The number of amides is 1. The van der Waals surface area contributed by atoms with Crippen LogP contribution >= 0.6 is 0 Å². The largest absolute Gasteiger partial charge is 0.508 e. The fraction of sp³-hybridized carbons (Fsp3) is 0.364. The molecule has 1 aliphatic heterocycles. The van der Waals surface area contributed by atoms with E-state index >= 15 is 0 Å². The van der Waals surface area contributed by atoms with Crippen LogP contribution in [0.15, 0.2) is 24.3 Å². The molecule has 0 spiro atoms. The van der Waals surface area contributed by atoms with Gasteiger partial charge in [0.15, 0.2) is 0 Å². The Morgan fingerprint density at radius 1 is 1.40 bits per heavy atom. The summed E-state index contributed by atoms with van der Waals surface area (Å²) >= 11 is 0. The molecular weight excluding hydrogens is 194 g/mol. The first kappa shape index (κ1) is 9.83. The summed E-state index contributed by atoms with van der Waals surface area (Å²) in [6, 6.07) is 6.96. The Morgan fingerprint density at radius 2 is 2.07 bits per heavy atom. The van der Waals surface area contributed by atoms with E-state index in [-0.39, 0.29) is 17.3 Å². The van der Waals surface area contributed by atoms with Gasteiger partial charge in [-0.1, -0.05) is 19.1 Å². The van der Waals surface area contributed by atoms with Crippen LogP contribution in [0.5, 0.6) is 5.75 Å². The standard InChI is InChI=1S/C11H13NO3/c1-11(6-12-10(14)15-7-11)8-2-4-9(13)5-3-8/h2-5,13H,6-7H2,1H3,(H,12,14). The van der Waals surface area contributed by atoms with Gasteiger partial charge in [-0.2, -0.15) is 0 Å². The van der Waals surface area contributed by atoms with Crippen molar-refractivity contribution in [2.24, 2.45) is 0 Å². The minimum Gasteiger partial charge on any atom is -0.508 e. The Balaban J connectivity index is 2.22. The molecule has 1 aromatic rings. The van der Waals surface area contributed by atoms with Crippen molar-refractivity contribution in [3.05, 3.63) is 29.8 Å². The molecule has 15 heavy (non-hydrogen) atoms. The normalized spacial score (nSPS) is 25.5. The van der Waals surface area contributed by atoms with Gasteiger partial charge in [-0.25, -0.2) is 4.79 Å². The number of aromatic hydroxyl groups is 1. The van der Waals surface area contributed by atoms with Crippen molar-refractivity contribution in [2.45, 2.75) is 12.3 Å². The minimum atomic E-state index is -0.369. The third kappa shape index (κ3) is 1.88. The molecule has 1 atom stereocenters. The van der Waals surface area contributed by atoms with Gasteiger partial charge in [-0.05, 0) is 17.7 Å². The average Bonchev–Trinajstić information content (AvgIpc) is 2.24. The minimum absolute atomic E-state index is 0.221. The van der Waals surface area contributed by atoms with Crippen molar-refractivity contribution in [1.29, 1.82) is 0 Å². The number of hydrogen-bond donors (Lipinski definition) is 2. The molecule has 4 heteroatoms. The van der Waals surface area contributed by atoms with Gasteiger partial charge >= 0.3 is 6.09 Å². The Kier molecular flexibility index (Phi) is 2.26. The number of alkyl carbamates (subject to hydrolysis) is 1. The second-order valence-corrected chi connectivity index (χ2v) is 4.04. The Hall–Kier alpha value is -1.71. The Morgan fingerprint density at radius 3 is 2.60 bits per heavy atom. The van der Waals surface area contributed by atoms with Gasteiger partial charge in [0.25, 0.3) is 0 Å². The number of hydrogen-bond acceptors (Lipinski definition) is 3. The summed E-state index contributed by atoms with van der Waals surface area (Å²) in [5.74, 6) is 0.239. The van der Waals surface area contributed by atoms with Gasteiger partial charge in [0.05, 0.1) is 0 Å². The van der Waals surface area contributed by atoms with E-state index in [0.29, 0.717) is 13.2 Å². The van der Waals surface area contributed by atoms with Crippen molar-refractivity contribution < 1.29 is 14.6 Å². The summed E-state index contributed by atoms with van der Waals surface area (Å²) in [6.07, 6.45) is -0.369. The number of cyclic esters (lactones) is 1. The number of phenols is 1. The zero-order chi connectivity index (χ0) is 10.9. The van der Waals surface area contributed by atoms with E-state index in [4.69, 9.17) is 4.74 Å². The number of benzene rings is 1. The molecule has 0 saturated carbocycles. The van der Waals surface area contributed by atoms with Crippen LogP contribution in [-0.4, -0.2) is 24.4 Å². The number of nitrogens with one attached hydrogen (secondary N) is 1. The first-order valence-corrected chi connectivity index (χ1v) is 4.80. The van der Waals surface area contributed by atoms with E-state index in [1.54, 1.807) is 12.1 Å². The molecule has 80 valence electrons. The third-order valence-corrected chi connectivity index (χ3v) is 2.71. The number of carbonyl (C=O) groups is 1. The van der Waals surface area contributed by atoms with E-state index in [2.05, 4.69) is 5.32 Å². The highest BCUT2D eigenvalue weighted by molar-refractivity contribution is 5.68. The molecule has 0 aromatic heterocycles. The predicted octanol–water partition coefficient (Wildman–Crippen LogP) is 1.39. The van der Waals surface area contributed by atoms with Crippen LogP contribution in [0.1, 0.15) is 12.5 Å². The van der Waals surface area contributed by atoms with Crippen LogP contribution in [-0.2, 0) is 10.2 Å². The monoisotopic (exact) mass is 207 g/mol. The van der Waals surface area contributed by atoms with Crippen LogP contribution in [0, 0.1) is 0 Å². The van der Waals surface area contributed by atoms with Crippen molar-refractivity contribution in [2.75, 3.05) is 13.2 Å². The Bertz CT molecular complexity index is 362. The highest BCUT2D eigenvalue weighted by Gasteiger charge is 2.32. The fourth-order valence-corrected chi connectivity index (χ4v) is 1.64. The van der Waals surface area contributed by atoms with Gasteiger partial charge < -0.3 is 15.2 Å². The predicted molar refractivity (Wildman–Crippen MR) is 54.8 cm³/mol. The lowest BCUT2D eigenvalue weighted by atomic mass is 9.82. The number of ether oxygens (including phenoxy) is 1. The lowest BCUT2D eigenvalue weighted by molar-refractivity contribution is 0.0929. The highest BCUT2D eigenvalue weighted by Crippen LogP contribution is 2.27. The topological polar surface area (TPSA) is 58.6 Å². The van der Waals surface area contributed by atoms with Crippen LogP contribution in [0.2, 0.25) is 0 Å². The molecule has 1 saturated heterocycles. The maximum Gasteiger partial charge on any atom is 0.407 e. The zero-order valence-corrected chi connectivity index (χ0v) is 8.49. The maximum atomic E-state index is 10.9. The van der Waals surface area contributed by atoms with E-state index in [1.165, 1.54) is 0 Å². The summed E-state index contributed by atoms with van der Waals surface area (Å²) < 4.78 is 4.97. The van der Waals surface area contributed by atoms with E-state index < -0.39 is 0 Å². The zero-order valence-electron chi connectivity index (χ0n) is 8.49. The summed E-state index contributed by atoms with van der Waals surface area (Å²) in [4.78, 5) is 10.9. The number of carbonyl (C=O) groups excluding carboxylic acids is 1.